The van der Waals surface area contributed by atoms with E-state index < -0.39 is 5.92 Å². The topological polar surface area (TPSA) is 44.1 Å². The van der Waals surface area contributed by atoms with Crippen LogP contribution >= 0.6 is 11.6 Å². The Morgan fingerprint density at radius 1 is 1.44 bits per heavy atom. The standard InChI is InChI=1S/C14H17ClN2O/c1-10(2)12(8-16)14(18)17(3)9-11-6-4-5-7-13(11)15/h4-7,10,12H,9H2,1-3H3. The van der Waals surface area contributed by atoms with Crippen LogP contribution in [0.4, 0.5) is 0 Å². The molecule has 4 heteroatoms. The summed E-state index contributed by atoms with van der Waals surface area (Å²) in [5, 5.41) is 9.65. The Labute approximate surface area is 113 Å². The van der Waals surface area contributed by atoms with Gasteiger partial charge in [-0.2, -0.15) is 5.26 Å². The highest BCUT2D eigenvalue weighted by Crippen LogP contribution is 2.19. The molecule has 0 spiro atoms. The van der Waals surface area contributed by atoms with Crippen LogP contribution in [0.15, 0.2) is 24.3 Å². The lowest BCUT2D eigenvalue weighted by molar-refractivity contribution is -0.134. The average molecular weight is 265 g/mol. The van der Waals surface area contributed by atoms with Gasteiger partial charge in [0.2, 0.25) is 5.91 Å². The summed E-state index contributed by atoms with van der Waals surface area (Å²) in [4.78, 5) is 13.6. The van der Waals surface area contributed by atoms with Crippen molar-refractivity contribution in [2.45, 2.75) is 20.4 Å². The Hall–Kier alpha value is -1.53. The molecule has 1 amide bonds. The molecule has 0 heterocycles. The van der Waals surface area contributed by atoms with E-state index in [-0.39, 0.29) is 11.8 Å². The molecule has 0 fully saturated rings. The second-order valence-electron chi connectivity index (χ2n) is 4.64. The molecular formula is C14H17ClN2O. The fourth-order valence-corrected chi connectivity index (χ4v) is 1.88. The highest BCUT2D eigenvalue weighted by molar-refractivity contribution is 6.31. The van der Waals surface area contributed by atoms with Crippen LogP contribution in [0.1, 0.15) is 19.4 Å². The number of hydrogen-bond acceptors (Lipinski definition) is 2. The number of halogens is 1. The first-order valence-electron chi connectivity index (χ1n) is 5.85. The molecule has 3 nitrogen and oxygen atoms in total. The highest BCUT2D eigenvalue weighted by atomic mass is 35.5. The Kier molecular flexibility index (Phi) is 5.18. The molecular weight excluding hydrogens is 248 g/mol. The zero-order chi connectivity index (χ0) is 13.7. The molecule has 0 aliphatic carbocycles. The van der Waals surface area contributed by atoms with Gasteiger partial charge in [0, 0.05) is 18.6 Å². The zero-order valence-corrected chi connectivity index (χ0v) is 11.6. The molecule has 0 aromatic heterocycles. The van der Waals surface area contributed by atoms with E-state index in [1.54, 1.807) is 18.0 Å². The molecule has 0 saturated heterocycles. The van der Waals surface area contributed by atoms with Gasteiger partial charge in [-0.1, -0.05) is 43.6 Å². The van der Waals surface area contributed by atoms with Gasteiger partial charge in [0.25, 0.3) is 0 Å². The van der Waals surface area contributed by atoms with Crippen LogP contribution in [0.25, 0.3) is 0 Å². The Bertz CT molecular complexity index is 465. The lowest BCUT2D eigenvalue weighted by Gasteiger charge is -2.22. The minimum atomic E-state index is -0.600. The van der Waals surface area contributed by atoms with Crippen molar-refractivity contribution < 1.29 is 4.79 Å². The van der Waals surface area contributed by atoms with Crippen LogP contribution in [-0.2, 0) is 11.3 Å². The largest absolute Gasteiger partial charge is 0.340 e. The zero-order valence-electron chi connectivity index (χ0n) is 10.9. The third kappa shape index (κ3) is 3.48. The molecule has 0 aliphatic rings. The van der Waals surface area contributed by atoms with Crippen molar-refractivity contribution in [3.05, 3.63) is 34.9 Å². The van der Waals surface area contributed by atoms with Crippen molar-refractivity contribution in [1.29, 1.82) is 5.26 Å². The summed E-state index contributed by atoms with van der Waals surface area (Å²) < 4.78 is 0. The summed E-state index contributed by atoms with van der Waals surface area (Å²) >= 11 is 6.05. The molecule has 1 aromatic rings. The molecule has 0 bridgehead atoms. The molecule has 1 unspecified atom stereocenters. The van der Waals surface area contributed by atoms with E-state index >= 15 is 0 Å². The van der Waals surface area contributed by atoms with Gasteiger partial charge < -0.3 is 4.90 Å². The second kappa shape index (κ2) is 6.42. The summed E-state index contributed by atoms with van der Waals surface area (Å²) in [5.74, 6) is -0.749. The van der Waals surface area contributed by atoms with Gasteiger partial charge in [-0.05, 0) is 17.5 Å². The van der Waals surface area contributed by atoms with E-state index in [1.807, 2.05) is 32.0 Å². The maximum absolute atomic E-state index is 12.1. The van der Waals surface area contributed by atoms with E-state index in [4.69, 9.17) is 16.9 Å². The van der Waals surface area contributed by atoms with Crippen LogP contribution < -0.4 is 0 Å². The molecule has 0 saturated carbocycles. The molecule has 1 aromatic carbocycles. The van der Waals surface area contributed by atoms with Crippen LogP contribution in [0.2, 0.25) is 5.02 Å². The van der Waals surface area contributed by atoms with Gasteiger partial charge in [0.15, 0.2) is 0 Å². The first-order chi connectivity index (χ1) is 8.47. The lowest BCUT2D eigenvalue weighted by Crippen LogP contribution is -2.34. The Balaban J connectivity index is 2.78. The van der Waals surface area contributed by atoms with Crippen LogP contribution in [-0.4, -0.2) is 17.9 Å². The van der Waals surface area contributed by atoms with Crippen molar-refractivity contribution in [2.24, 2.45) is 11.8 Å². The minimum Gasteiger partial charge on any atom is -0.340 e. The summed E-state index contributed by atoms with van der Waals surface area (Å²) in [5.41, 5.74) is 0.885. The Morgan fingerprint density at radius 3 is 2.56 bits per heavy atom. The highest BCUT2D eigenvalue weighted by Gasteiger charge is 2.25. The van der Waals surface area contributed by atoms with E-state index in [9.17, 15) is 4.79 Å². The third-order valence-corrected chi connectivity index (χ3v) is 3.18. The minimum absolute atomic E-state index is 0.0104. The van der Waals surface area contributed by atoms with Crippen molar-refractivity contribution in [3.63, 3.8) is 0 Å². The van der Waals surface area contributed by atoms with Gasteiger partial charge >= 0.3 is 0 Å². The molecule has 0 aliphatic heterocycles. The summed E-state index contributed by atoms with van der Waals surface area (Å²) in [6.45, 7) is 4.16. The smallest absolute Gasteiger partial charge is 0.240 e. The van der Waals surface area contributed by atoms with E-state index in [2.05, 4.69) is 6.07 Å². The quantitative estimate of drug-likeness (QED) is 0.839. The second-order valence-corrected chi connectivity index (χ2v) is 5.04. The van der Waals surface area contributed by atoms with Crippen molar-refractivity contribution in [3.8, 4) is 6.07 Å². The third-order valence-electron chi connectivity index (χ3n) is 2.81. The van der Waals surface area contributed by atoms with Crippen molar-refractivity contribution in [2.75, 3.05) is 7.05 Å². The maximum Gasteiger partial charge on any atom is 0.240 e. The fraction of sp³-hybridized carbons (Fsp3) is 0.429. The number of benzene rings is 1. The summed E-state index contributed by atoms with van der Waals surface area (Å²) in [6.07, 6.45) is 0. The molecule has 0 N–H and O–H groups in total. The number of hydrogen-bond donors (Lipinski definition) is 0. The molecule has 96 valence electrons. The Morgan fingerprint density at radius 2 is 2.06 bits per heavy atom. The molecule has 18 heavy (non-hydrogen) atoms. The van der Waals surface area contributed by atoms with Crippen LogP contribution in [0, 0.1) is 23.2 Å². The summed E-state index contributed by atoms with van der Waals surface area (Å²) in [7, 11) is 1.69. The number of nitriles is 1. The van der Waals surface area contributed by atoms with E-state index in [0.29, 0.717) is 11.6 Å². The monoisotopic (exact) mass is 264 g/mol. The molecule has 1 atom stereocenters. The van der Waals surface area contributed by atoms with Gasteiger partial charge in [0.1, 0.15) is 5.92 Å². The molecule has 0 radical (unpaired) electrons. The van der Waals surface area contributed by atoms with Crippen molar-refractivity contribution in [1.82, 2.24) is 4.90 Å². The number of carbonyl (C=O) groups is 1. The van der Waals surface area contributed by atoms with Gasteiger partial charge in [-0.25, -0.2) is 0 Å². The molecule has 1 rings (SSSR count). The first kappa shape index (κ1) is 14.5. The lowest BCUT2D eigenvalue weighted by atomic mass is 9.96. The van der Waals surface area contributed by atoms with E-state index in [1.165, 1.54) is 0 Å². The maximum atomic E-state index is 12.1. The summed E-state index contributed by atoms with van der Waals surface area (Å²) in [6, 6.07) is 9.45. The first-order valence-corrected chi connectivity index (χ1v) is 6.23. The normalized spacial score (nSPS) is 12.0. The predicted octanol–water partition coefficient (Wildman–Crippen LogP) is 3.09. The number of rotatable bonds is 4. The van der Waals surface area contributed by atoms with Crippen LogP contribution in [0.5, 0.6) is 0 Å². The predicted molar refractivity (Wildman–Crippen MR) is 71.9 cm³/mol. The van der Waals surface area contributed by atoms with Gasteiger partial charge in [-0.3, -0.25) is 4.79 Å². The fourth-order valence-electron chi connectivity index (χ4n) is 1.69. The number of amides is 1. The average Bonchev–Trinajstić information content (AvgIpc) is 2.32. The van der Waals surface area contributed by atoms with Crippen LogP contribution in [0.3, 0.4) is 0 Å². The van der Waals surface area contributed by atoms with Crippen molar-refractivity contribution >= 4 is 17.5 Å². The number of nitrogens with zero attached hydrogens (tertiary/aromatic N) is 2. The van der Waals surface area contributed by atoms with Gasteiger partial charge in [0.05, 0.1) is 6.07 Å². The number of carbonyl (C=O) groups excluding carboxylic acids is 1. The van der Waals surface area contributed by atoms with E-state index in [0.717, 1.165) is 5.56 Å². The SMILES string of the molecule is CC(C)C(C#N)C(=O)N(C)Cc1ccccc1Cl. The van der Waals surface area contributed by atoms with Gasteiger partial charge in [-0.15, -0.1) is 0 Å².